The third-order valence-electron chi connectivity index (χ3n) is 5.24. The fraction of sp³-hybridized carbons (Fsp3) is 0.391. The van der Waals surface area contributed by atoms with Gasteiger partial charge in [-0.15, -0.1) is 12.4 Å². The Morgan fingerprint density at radius 3 is 2.48 bits per heavy atom. The summed E-state index contributed by atoms with van der Waals surface area (Å²) in [5.74, 6) is 1.23. The molecule has 1 aromatic heterocycles. The Hall–Kier alpha value is -2.35. The van der Waals surface area contributed by atoms with Crippen LogP contribution < -0.4 is 14.4 Å². The third kappa shape index (κ3) is 5.11. The van der Waals surface area contributed by atoms with Crippen molar-refractivity contribution in [3.8, 4) is 11.5 Å². The summed E-state index contributed by atoms with van der Waals surface area (Å²) < 4.78 is 12.4. The van der Waals surface area contributed by atoms with Crippen molar-refractivity contribution in [3.63, 3.8) is 0 Å². The second kappa shape index (κ2) is 9.85. The molecule has 0 spiro atoms. The smallest absolute Gasteiger partial charge is 0.260 e. The summed E-state index contributed by atoms with van der Waals surface area (Å²) in [6, 6.07) is 9.63. The highest BCUT2D eigenvalue weighted by Crippen LogP contribution is 2.34. The topological polar surface area (TPSA) is 54.9 Å². The number of aryl methyl sites for hydroxylation is 2. The number of amides is 1. The Labute approximate surface area is 193 Å². The molecule has 0 aliphatic carbocycles. The summed E-state index contributed by atoms with van der Waals surface area (Å²) in [6.07, 6.45) is 0.858. The van der Waals surface area contributed by atoms with Crippen LogP contribution in [0.3, 0.4) is 0 Å². The molecule has 0 atom stereocenters. The average molecular weight is 462 g/mol. The molecule has 0 saturated heterocycles. The summed E-state index contributed by atoms with van der Waals surface area (Å²) in [4.78, 5) is 22.2. The second-order valence-corrected chi connectivity index (χ2v) is 8.88. The van der Waals surface area contributed by atoms with Gasteiger partial charge >= 0.3 is 0 Å². The summed E-state index contributed by atoms with van der Waals surface area (Å²) in [7, 11) is 4.08. The monoisotopic (exact) mass is 461 g/mol. The van der Waals surface area contributed by atoms with Crippen LogP contribution in [0.25, 0.3) is 10.2 Å². The Morgan fingerprint density at radius 1 is 1.03 bits per heavy atom. The van der Waals surface area contributed by atoms with E-state index in [2.05, 4.69) is 30.9 Å². The highest BCUT2D eigenvalue weighted by molar-refractivity contribution is 7.22. The Morgan fingerprint density at radius 2 is 1.74 bits per heavy atom. The number of carbonyl (C=O) groups is 1. The zero-order valence-corrected chi connectivity index (χ0v) is 19.9. The maximum Gasteiger partial charge on any atom is 0.260 e. The minimum atomic E-state index is -0.0711. The fourth-order valence-electron chi connectivity index (χ4n) is 3.44. The highest BCUT2D eigenvalue weighted by atomic mass is 35.5. The molecule has 8 heteroatoms. The lowest BCUT2D eigenvalue weighted by Crippen LogP contribution is -2.33. The van der Waals surface area contributed by atoms with Crippen molar-refractivity contribution in [3.05, 3.63) is 47.0 Å². The first-order chi connectivity index (χ1) is 14.4. The first-order valence-corrected chi connectivity index (χ1v) is 11.0. The van der Waals surface area contributed by atoms with Crippen molar-refractivity contribution in [2.24, 2.45) is 0 Å². The quantitative estimate of drug-likeness (QED) is 0.532. The lowest BCUT2D eigenvalue weighted by Gasteiger charge is -2.23. The molecule has 0 N–H and O–H groups in total. The number of halogens is 1. The Bertz CT molecular complexity index is 1040. The molecule has 166 valence electrons. The summed E-state index contributed by atoms with van der Waals surface area (Å²) >= 11 is 1.56. The first-order valence-electron chi connectivity index (χ1n) is 10.2. The molecule has 0 saturated carbocycles. The van der Waals surface area contributed by atoms with Gasteiger partial charge in [0.1, 0.15) is 13.2 Å². The van der Waals surface area contributed by atoms with Gasteiger partial charge < -0.3 is 14.4 Å². The number of hydrogen-bond donors (Lipinski definition) is 0. The van der Waals surface area contributed by atoms with Crippen molar-refractivity contribution in [1.82, 2.24) is 9.88 Å². The molecular formula is C23H28ClN3O3S. The molecule has 0 bridgehead atoms. The molecule has 0 radical (unpaired) electrons. The van der Waals surface area contributed by atoms with E-state index < -0.39 is 0 Å². The first kappa shape index (κ1) is 23.3. The lowest BCUT2D eigenvalue weighted by molar-refractivity contribution is 0.0984. The van der Waals surface area contributed by atoms with E-state index in [4.69, 9.17) is 14.5 Å². The third-order valence-corrected chi connectivity index (χ3v) is 6.29. The van der Waals surface area contributed by atoms with Crippen LogP contribution in [0.1, 0.15) is 27.9 Å². The van der Waals surface area contributed by atoms with Gasteiger partial charge in [-0.25, -0.2) is 4.98 Å². The predicted molar refractivity (Wildman–Crippen MR) is 129 cm³/mol. The van der Waals surface area contributed by atoms with Gasteiger partial charge in [0.2, 0.25) is 0 Å². The molecule has 1 aliphatic heterocycles. The van der Waals surface area contributed by atoms with Crippen LogP contribution in [0.5, 0.6) is 11.5 Å². The van der Waals surface area contributed by atoms with E-state index in [1.54, 1.807) is 28.4 Å². The number of hydrogen-bond acceptors (Lipinski definition) is 6. The highest BCUT2D eigenvalue weighted by Gasteiger charge is 2.23. The maximum atomic E-state index is 13.5. The molecule has 6 nitrogen and oxygen atoms in total. The molecule has 2 heterocycles. The number of benzene rings is 2. The number of rotatable bonds is 6. The van der Waals surface area contributed by atoms with Crippen molar-refractivity contribution in [1.29, 1.82) is 0 Å². The molecule has 2 aromatic carbocycles. The molecule has 31 heavy (non-hydrogen) atoms. The normalized spacial score (nSPS) is 12.7. The Kier molecular flexibility index (Phi) is 7.41. The van der Waals surface area contributed by atoms with Gasteiger partial charge in [0.25, 0.3) is 5.91 Å². The van der Waals surface area contributed by atoms with Crippen molar-refractivity contribution in [2.45, 2.75) is 20.3 Å². The van der Waals surface area contributed by atoms with Crippen molar-refractivity contribution in [2.75, 3.05) is 45.3 Å². The molecule has 1 amide bonds. The Balaban J connectivity index is 0.00000272. The number of thiazole rings is 1. The molecule has 1 aliphatic rings. The van der Waals surface area contributed by atoms with Gasteiger partial charge in [-0.2, -0.15) is 0 Å². The standard InChI is InChI=1S/C23H27N3O3S.ClH/c1-15-12-18-21(13-16(15)2)30-23(24-18)26(9-5-8-25(3)4)22(27)17-6-7-19-20(14-17)29-11-10-28-19;/h6-7,12-14H,5,8-11H2,1-4H3;1H. The van der Waals surface area contributed by atoms with Crippen LogP contribution in [0.2, 0.25) is 0 Å². The molecule has 4 rings (SSSR count). The van der Waals surface area contributed by atoms with Crippen LogP contribution in [0.15, 0.2) is 30.3 Å². The van der Waals surface area contributed by atoms with Gasteiger partial charge in [0.05, 0.1) is 10.2 Å². The largest absolute Gasteiger partial charge is 0.486 e. The van der Waals surface area contributed by atoms with Crippen LogP contribution >= 0.6 is 23.7 Å². The van der Waals surface area contributed by atoms with Gasteiger partial charge in [0.15, 0.2) is 16.6 Å². The molecule has 0 unspecified atom stereocenters. The molecule has 3 aromatic rings. The predicted octanol–water partition coefficient (Wildman–Crippen LogP) is 4.70. The van der Waals surface area contributed by atoms with Crippen LogP contribution in [-0.2, 0) is 0 Å². The zero-order chi connectivity index (χ0) is 21.3. The van der Waals surface area contributed by atoms with Gasteiger partial charge in [-0.05, 0) is 82.4 Å². The van der Waals surface area contributed by atoms with E-state index in [1.807, 2.05) is 20.2 Å². The van der Waals surface area contributed by atoms with E-state index in [0.29, 0.717) is 36.8 Å². The fourth-order valence-corrected chi connectivity index (χ4v) is 4.51. The summed E-state index contributed by atoms with van der Waals surface area (Å²) in [5.41, 5.74) is 3.95. The van der Waals surface area contributed by atoms with Gasteiger partial charge in [0, 0.05) is 12.1 Å². The number of nitrogens with zero attached hydrogens (tertiary/aromatic N) is 3. The van der Waals surface area contributed by atoms with E-state index in [0.717, 1.165) is 28.3 Å². The van der Waals surface area contributed by atoms with Crippen LogP contribution in [-0.4, -0.2) is 56.2 Å². The average Bonchev–Trinajstić information content (AvgIpc) is 3.12. The second-order valence-electron chi connectivity index (χ2n) is 7.87. The number of aromatic nitrogens is 1. The minimum absolute atomic E-state index is 0. The van der Waals surface area contributed by atoms with Crippen LogP contribution in [0.4, 0.5) is 5.13 Å². The number of carbonyl (C=O) groups excluding carboxylic acids is 1. The zero-order valence-electron chi connectivity index (χ0n) is 18.3. The minimum Gasteiger partial charge on any atom is -0.486 e. The number of anilines is 1. The van der Waals surface area contributed by atoms with E-state index in [-0.39, 0.29) is 18.3 Å². The van der Waals surface area contributed by atoms with Crippen molar-refractivity contribution >= 4 is 45.0 Å². The summed E-state index contributed by atoms with van der Waals surface area (Å²) in [5, 5.41) is 0.730. The van der Waals surface area contributed by atoms with Gasteiger partial charge in [-0.1, -0.05) is 11.3 Å². The number of fused-ring (bicyclic) bond motifs is 2. The van der Waals surface area contributed by atoms with Gasteiger partial charge in [-0.3, -0.25) is 9.69 Å². The lowest BCUT2D eigenvalue weighted by atomic mass is 10.1. The van der Waals surface area contributed by atoms with E-state index >= 15 is 0 Å². The molecular weight excluding hydrogens is 434 g/mol. The van der Waals surface area contributed by atoms with E-state index in [9.17, 15) is 4.79 Å². The van der Waals surface area contributed by atoms with E-state index in [1.165, 1.54) is 11.1 Å². The van der Waals surface area contributed by atoms with Crippen molar-refractivity contribution < 1.29 is 14.3 Å². The molecule has 0 fully saturated rings. The number of ether oxygens (including phenoxy) is 2. The SMILES string of the molecule is Cc1cc2nc(N(CCCN(C)C)C(=O)c3ccc4c(c3)OCCO4)sc2cc1C.Cl. The maximum absolute atomic E-state index is 13.5. The summed E-state index contributed by atoms with van der Waals surface area (Å²) in [6.45, 7) is 6.71. The van der Waals surface area contributed by atoms with Crippen LogP contribution in [0, 0.1) is 13.8 Å².